The van der Waals surface area contributed by atoms with E-state index in [1.807, 2.05) is 19.1 Å². The van der Waals surface area contributed by atoms with Gasteiger partial charge in [-0.3, -0.25) is 0 Å². The molecule has 2 rings (SSSR count). The van der Waals surface area contributed by atoms with Crippen molar-refractivity contribution in [3.63, 3.8) is 0 Å². The summed E-state index contributed by atoms with van der Waals surface area (Å²) in [6.45, 7) is 2.16. The van der Waals surface area contributed by atoms with Gasteiger partial charge >= 0.3 is 0 Å². The molecule has 0 fully saturated rings. The van der Waals surface area contributed by atoms with Crippen LogP contribution in [0.2, 0.25) is 0 Å². The van der Waals surface area contributed by atoms with Crippen molar-refractivity contribution in [2.24, 2.45) is 0 Å². The fourth-order valence-corrected chi connectivity index (χ4v) is 1.36. The van der Waals surface area contributed by atoms with E-state index in [-0.39, 0.29) is 11.4 Å². The zero-order chi connectivity index (χ0) is 11.5. The molecule has 0 radical (unpaired) electrons. The van der Waals surface area contributed by atoms with Crippen LogP contribution in [0.1, 0.15) is 22.8 Å². The minimum atomic E-state index is 0.124. The average molecular weight is 213 g/mol. The van der Waals surface area contributed by atoms with Gasteiger partial charge in [-0.2, -0.15) is 10.5 Å². The minimum Gasteiger partial charge on any atom is -0.359 e. The number of hydrogen-bond donors (Lipinski definition) is 0. The molecule has 0 saturated heterocycles. The van der Waals surface area contributed by atoms with E-state index in [1.165, 1.54) is 6.33 Å². The molecule has 0 N–H and O–H groups in total. The minimum absolute atomic E-state index is 0.124. The Morgan fingerprint density at radius 2 is 2.25 bits per heavy atom. The summed E-state index contributed by atoms with van der Waals surface area (Å²) in [6.07, 6.45) is 1.44. The first-order chi connectivity index (χ1) is 7.74. The summed E-state index contributed by atoms with van der Waals surface area (Å²) in [6, 6.07) is 5.57. The summed E-state index contributed by atoms with van der Waals surface area (Å²) in [5.74, 6) is 0.621. The summed E-state index contributed by atoms with van der Waals surface area (Å²) < 4.78 is 6.57. The first-order valence-corrected chi connectivity index (χ1v) is 4.52. The van der Waals surface area contributed by atoms with Gasteiger partial charge in [-0.25, -0.2) is 4.98 Å². The van der Waals surface area contributed by atoms with E-state index in [1.54, 1.807) is 10.6 Å². The van der Waals surface area contributed by atoms with E-state index in [0.29, 0.717) is 12.3 Å². The molecule has 0 amide bonds. The molecule has 0 spiro atoms. The number of nitrogens with zero attached hydrogens (tertiary/aromatic N) is 5. The van der Waals surface area contributed by atoms with E-state index >= 15 is 0 Å². The largest absolute Gasteiger partial charge is 0.359 e. The fraction of sp³-hybridized carbons (Fsp3) is 0.200. The van der Waals surface area contributed by atoms with Gasteiger partial charge in [-0.05, 0) is 6.92 Å². The molecular weight excluding hydrogens is 206 g/mol. The van der Waals surface area contributed by atoms with Gasteiger partial charge in [0.05, 0.1) is 18.6 Å². The molecule has 0 bridgehead atoms. The van der Waals surface area contributed by atoms with Crippen molar-refractivity contribution in [2.75, 3.05) is 0 Å². The van der Waals surface area contributed by atoms with Gasteiger partial charge in [0.1, 0.15) is 12.1 Å². The van der Waals surface area contributed by atoms with Crippen molar-refractivity contribution in [3.8, 4) is 12.1 Å². The smallest absolute Gasteiger partial charge is 0.176 e. The lowest BCUT2D eigenvalue weighted by molar-refractivity contribution is 0.372. The van der Waals surface area contributed by atoms with Gasteiger partial charge in [-0.15, -0.1) is 0 Å². The van der Waals surface area contributed by atoms with Crippen molar-refractivity contribution in [1.29, 1.82) is 10.5 Å². The van der Waals surface area contributed by atoms with Crippen LogP contribution in [0.4, 0.5) is 0 Å². The summed E-state index contributed by atoms with van der Waals surface area (Å²) >= 11 is 0. The zero-order valence-corrected chi connectivity index (χ0v) is 8.51. The number of nitriles is 2. The van der Waals surface area contributed by atoms with Crippen LogP contribution >= 0.6 is 0 Å². The van der Waals surface area contributed by atoms with Gasteiger partial charge in [0.25, 0.3) is 0 Å². The summed E-state index contributed by atoms with van der Waals surface area (Å²) in [5, 5.41) is 21.4. The predicted molar refractivity (Wildman–Crippen MR) is 52.0 cm³/mol. The number of rotatable bonds is 2. The Balaban J connectivity index is 2.33. The molecule has 0 saturated carbocycles. The lowest BCUT2D eigenvalue weighted by atomic mass is 10.3. The Hall–Kier alpha value is -2.60. The second-order valence-corrected chi connectivity index (χ2v) is 3.23. The molecule has 2 aromatic heterocycles. The Morgan fingerprint density at radius 3 is 2.81 bits per heavy atom. The second kappa shape index (κ2) is 3.87. The van der Waals surface area contributed by atoms with Crippen LogP contribution in [-0.2, 0) is 6.54 Å². The normalized spacial score (nSPS) is 9.69. The van der Waals surface area contributed by atoms with E-state index in [0.717, 1.165) is 5.69 Å². The SMILES string of the molecule is Cc1cc(Cn2cnc(C#N)c2C#N)on1. The maximum Gasteiger partial charge on any atom is 0.176 e. The van der Waals surface area contributed by atoms with Gasteiger partial charge < -0.3 is 9.09 Å². The molecule has 78 valence electrons. The average Bonchev–Trinajstić information content (AvgIpc) is 2.85. The lowest BCUT2D eigenvalue weighted by Crippen LogP contribution is -2.00. The Labute approximate surface area is 91.3 Å². The van der Waals surface area contributed by atoms with Crippen LogP contribution in [0.5, 0.6) is 0 Å². The maximum atomic E-state index is 8.89. The maximum absolute atomic E-state index is 8.89. The highest BCUT2D eigenvalue weighted by atomic mass is 16.5. The third kappa shape index (κ3) is 1.64. The standard InChI is InChI=1S/C10H7N5O/c1-7-2-8(16-14-7)5-15-6-13-9(3-11)10(15)4-12/h2,6H,5H2,1H3. The highest BCUT2D eigenvalue weighted by molar-refractivity contribution is 5.36. The molecule has 2 heterocycles. The first kappa shape index (κ1) is 9.94. The topological polar surface area (TPSA) is 91.4 Å². The molecule has 2 aromatic rings. The third-order valence-electron chi connectivity index (χ3n) is 2.05. The molecule has 6 nitrogen and oxygen atoms in total. The van der Waals surface area contributed by atoms with Crippen LogP contribution in [0, 0.1) is 29.6 Å². The summed E-state index contributed by atoms with van der Waals surface area (Å²) in [7, 11) is 0. The van der Waals surface area contributed by atoms with Crippen molar-refractivity contribution < 1.29 is 4.52 Å². The van der Waals surface area contributed by atoms with Crippen LogP contribution in [0.25, 0.3) is 0 Å². The van der Waals surface area contributed by atoms with Crippen molar-refractivity contribution in [2.45, 2.75) is 13.5 Å². The van der Waals surface area contributed by atoms with Gasteiger partial charge in [0.15, 0.2) is 17.1 Å². The molecular formula is C10H7N5O. The Morgan fingerprint density at radius 1 is 1.44 bits per heavy atom. The monoisotopic (exact) mass is 213 g/mol. The zero-order valence-electron chi connectivity index (χ0n) is 8.51. The summed E-state index contributed by atoms with van der Waals surface area (Å²) in [4.78, 5) is 3.83. The van der Waals surface area contributed by atoms with Crippen molar-refractivity contribution in [3.05, 3.63) is 35.2 Å². The molecule has 0 atom stereocenters. The fourth-order valence-electron chi connectivity index (χ4n) is 1.36. The lowest BCUT2D eigenvalue weighted by Gasteiger charge is -1.98. The highest BCUT2D eigenvalue weighted by Crippen LogP contribution is 2.10. The van der Waals surface area contributed by atoms with E-state index in [2.05, 4.69) is 10.1 Å². The van der Waals surface area contributed by atoms with Crippen LogP contribution in [-0.4, -0.2) is 14.7 Å². The van der Waals surface area contributed by atoms with E-state index in [9.17, 15) is 0 Å². The quantitative estimate of drug-likeness (QED) is 0.741. The molecule has 0 unspecified atom stereocenters. The molecule has 0 aliphatic rings. The molecule has 0 aliphatic heterocycles. The van der Waals surface area contributed by atoms with Crippen LogP contribution in [0.15, 0.2) is 16.9 Å². The highest BCUT2D eigenvalue weighted by Gasteiger charge is 2.11. The number of aryl methyl sites for hydroxylation is 1. The second-order valence-electron chi connectivity index (χ2n) is 3.23. The van der Waals surface area contributed by atoms with Gasteiger partial charge in [0.2, 0.25) is 0 Å². The van der Waals surface area contributed by atoms with Crippen molar-refractivity contribution >= 4 is 0 Å². The van der Waals surface area contributed by atoms with Crippen LogP contribution < -0.4 is 0 Å². The van der Waals surface area contributed by atoms with E-state index in [4.69, 9.17) is 15.0 Å². The first-order valence-electron chi connectivity index (χ1n) is 4.52. The molecule has 0 aliphatic carbocycles. The molecule has 16 heavy (non-hydrogen) atoms. The number of aromatic nitrogens is 3. The molecule has 6 heteroatoms. The predicted octanol–water partition coefficient (Wildman–Crippen LogP) is 0.971. The summed E-state index contributed by atoms with van der Waals surface area (Å²) in [5.41, 5.74) is 1.13. The molecule has 0 aromatic carbocycles. The van der Waals surface area contributed by atoms with Crippen LogP contribution in [0.3, 0.4) is 0 Å². The van der Waals surface area contributed by atoms with Crippen molar-refractivity contribution in [1.82, 2.24) is 14.7 Å². The van der Waals surface area contributed by atoms with Gasteiger partial charge in [-0.1, -0.05) is 5.16 Å². The third-order valence-corrected chi connectivity index (χ3v) is 2.05. The van der Waals surface area contributed by atoms with E-state index < -0.39 is 0 Å². The number of imidazole rings is 1. The Bertz CT molecular complexity index is 595. The van der Waals surface area contributed by atoms with Gasteiger partial charge in [0, 0.05) is 6.07 Å². The number of hydrogen-bond acceptors (Lipinski definition) is 5. The Kier molecular flexibility index (Phi) is 2.40.